The van der Waals surface area contributed by atoms with E-state index in [2.05, 4.69) is 0 Å². The van der Waals surface area contributed by atoms with E-state index in [1.54, 1.807) is 6.07 Å². The summed E-state index contributed by atoms with van der Waals surface area (Å²) in [6.07, 6.45) is 0. The van der Waals surface area contributed by atoms with E-state index in [0.29, 0.717) is 11.1 Å². The Balaban J connectivity index is 3.04. The van der Waals surface area contributed by atoms with E-state index < -0.39 is 10.1 Å². The first kappa shape index (κ1) is 10.7. The van der Waals surface area contributed by atoms with E-state index in [-0.39, 0.29) is 16.0 Å². The van der Waals surface area contributed by atoms with Crippen molar-refractivity contribution < 1.29 is 18.1 Å². The minimum Gasteiger partial charge on any atom is -0.507 e. The van der Waals surface area contributed by atoms with Crippen molar-refractivity contribution in [3.8, 4) is 5.75 Å². The number of phenolic OH excluding ortho intramolecular Hbond substituents is 1. The smallest absolute Gasteiger partial charge is 0.295 e. The highest BCUT2D eigenvalue weighted by Crippen LogP contribution is 2.33. The normalized spacial score (nSPS) is 11.8. The van der Waals surface area contributed by atoms with Gasteiger partial charge in [-0.25, -0.2) is 0 Å². The van der Waals surface area contributed by atoms with E-state index in [9.17, 15) is 13.5 Å². The van der Waals surface area contributed by atoms with E-state index >= 15 is 0 Å². The van der Waals surface area contributed by atoms with Crippen LogP contribution in [0.15, 0.2) is 35.2 Å². The fourth-order valence-electron chi connectivity index (χ4n) is 1.59. The van der Waals surface area contributed by atoms with E-state index in [1.165, 1.54) is 24.3 Å². The lowest BCUT2D eigenvalue weighted by Gasteiger charge is -2.07. The number of fused-ring (bicyclic) bond motifs is 1. The third kappa shape index (κ3) is 1.58. The zero-order valence-electron chi connectivity index (χ0n) is 8.08. The number of benzene rings is 2. The molecule has 0 aliphatic carbocycles. The molecule has 0 aliphatic rings. The van der Waals surface area contributed by atoms with Crippen molar-refractivity contribution >= 4 is 26.6 Å². The van der Waals surface area contributed by atoms with Crippen LogP contribution < -0.4 is 5.73 Å². The Hall–Kier alpha value is -1.79. The number of anilines is 1. The second kappa shape index (κ2) is 3.36. The fraction of sp³-hybridized carbons (Fsp3) is 0. The lowest BCUT2D eigenvalue weighted by atomic mass is 10.1. The van der Waals surface area contributed by atoms with Gasteiger partial charge in [0.2, 0.25) is 0 Å². The molecule has 0 unspecified atom stereocenters. The van der Waals surface area contributed by atoms with Crippen LogP contribution in [0.5, 0.6) is 5.75 Å². The van der Waals surface area contributed by atoms with Crippen LogP contribution in [0.3, 0.4) is 0 Å². The zero-order valence-corrected chi connectivity index (χ0v) is 8.90. The molecular weight excluding hydrogens is 230 g/mol. The molecule has 6 heteroatoms. The Bertz CT molecular complexity index is 664. The first-order chi connectivity index (χ1) is 7.41. The molecule has 16 heavy (non-hydrogen) atoms. The van der Waals surface area contributed by atoms with Crippen LogP contribution in [-0.4, -0.2) is 18.1 Å². The maximum absolute atomic E-state index is 11.1. The summed E-state index contributed by atoms with van der Waals surface area (Å²) in [6.45, 7) is 0. The molecule has 4 N–H and O–H groups in total. The molecule has 5 nitrogen and oxygen atoms in total. The molecular formula is C10H9NO4S. The zero-order chi connectivity index (χ0) is 11.9. The van der Waals surface area contributed by atoms with Gasteiger partial charge in [0, 0.05) is 16.5 Å². The fourth-order valence-corrected chi connectivity index (χ4v) is 2.32. The second-order valence-electron chi connectivity index (χ2n) is 3.33. The Morgan fingerprint density at radius 3 is 2.44 bits per heavy atom. The molecule has 0 aromatic heterocycles. The third-order valence-electron chi connectivity index (χ3n) is 2.29. The second-order valence-corrected chi connectivity index (χ2v) is 4.72. The highest BCUT2D eigenvalue weighted by molar-refractivity contribution is 7.86. The van der Waals surface area contributed by atoms with E-state index in [4.69, 9.17) is 10.3 Å². The molecule has 0 amide bonds. The SMILES string of the molecule is Nc1ccc(O)c2c(S(=O)(=O)O)cccc12. The predicted octanol–water partition coefficient (Wildman–Crippen LogP) is 1.37. The van der Waals surface area contributed by atoms with Gasteiger partial charge >= 0.3 is 0 Å². The van der Waals surface area contributed by atoms with Crippen molar-refractivity contribution in [3.63, 3.8) is 0 Å². The monoisotopic (exact) mass is 239 g/mol. The molecule has 2 rings (SSSR count). The minimum atomic E-state index is -4.38. The molecule has 0 heterocycles. The van der Waals surface area contributed by atoms with Crippen molar-refractivity contribution in [2.45, 2.75) is 4.90 Å². The van der Waals surface area contributed by atoms with Crippen molar-refractivity contribution in [1.82, 2.24) is 0 Å². The predicted molar refractivity (Wildman–Crippen MR) is 59.8 cm³/mol. The van der Waals surface area contributed by atoms with Crippen molar-refractivity contribution in [2.75, 3.05) is 5.73 Å². The first-order valence-electron chi connectivity index (χ1n) is 4.39. The Kier molecular flexibility index (Phi) is 2.25. The van der Waals surface area contributed by atoms with E-state index in [1.807, 2.05) is 0 Å². The molecule has 0 atom stereocenters. The highest BCUT2D eigenvalue weighted by Gasteiger charge is 2.17. The third-order valence-corrected chi connectivity index (χ3v) is 3.19. The molecule has 0 fully saturated rings. The number of rotatable bonds is 1. The topological polar surface area (TPSA) is 101 Å². The van der Waals surface area contributed by atoms with E-state index in [0.717, 1.165) is 0 Å². The summed E-state index contributed by atoms with van der Waals surface area (Å²) in [6, 6.07) is 6.97. The van der Waals surface area contributed by atoms with Crippen LogP contribution in [-0.2, 0) is 10.1 Å². The van der Waals surface area contributed by atoms with Gasteiger partial charge < -0.3 is 10.8 Å². The number of aromatic hydroxyl groups is 1. The van der Waals surface area contributed by atoms with Crippen LogP contribution in [0.1, 0.15) is 0 Å². The summed E-state index contributed by atoms with van der Waals surface area (Å²) in [5.74, 6) is -0.238. The number of nitrogens with two attached hydrogens (primary N) is 1. The lowest BCUT2D eigenvalue weighted by Crippen LogP contribution is -2.00. The summed E-state index contributed by atoms with van der Waals surface area (Å²) in [4.78, 5) is -0.352. The Morgan fingerprint density at radius 2 is 1.81 bits per heavy atom. The minimum absolute atomic E-state index is 0.0324. The van der Waals surface area contributed by atoms with Gasteiger partial charge in [-0.05, 0) is 18.2 Å². The maximum Gasteiger partial charge on any atom is 0.295 e. The van der Waals surface area contributed by atoms with Gasteiger partial charge in [-0.15, -0.1) is 0 Å². The molecule has 0 saturated heterocycles. The number of hydrogen-bond donors (Lipinski definition) is 3. The molecule has 0 saturated carbocycles. The molecule has 0 radical (unpaired) electrons. The average molecular weight is 239 g/mol. The van der Waals surface area contributed by atoms with Gasteiger partial charge in [0.15, 0.2) is 0 Å². The quantitative estimate of drug-likeness (QED) is 0.396. The van der Waals surface area contributed by atoms with Gasteiger partial charge in [0.05, 0.1) is 0 Å². The van der Waals surface area contributed by atoms with Crippen molar-refractivity contribution in [2.24, 2.45) is 0 Å². The lowest BCUT2D eigenvalue weighted by molar-refractivity contribution is 0.474. The molecule has 2 aromatic carbocycles. The van der Waals surface area contributed by atoms with Crippen LogP contribution in [0.4, 0.5) is 5.69 Å². The largest absolute Gasteiger partial charge is 0.507 e. The van der Waals surface area contributed by atoms with Crippen LogP contribution in [0, 0.1) is 0 Å². The number of hydrogen-bond acceptors (Lipinski definition) is 4. The van der Waals surface area contributed by atoms with Gasteiger partial charge in [0.25, 0.3) is 10.1 Å². The molecule has 2 aromatic rings. The van der Waals surface area contributed by atoms with Gasteiger partial charge in [-0.2, -0.15) is 8.42 Å². The average Bonchev–Trinajstić information content (AvgIpc) is 2.22. The molecule has 0 aliphatic heterocycles. The maximum atomic E-state index is 11.1. The Labute approximate surface area is 91.9 Å². The van der Waals surface area contributed by atoms with Crippen LogP contribution in [0.2, 0.25) is 0 Å². The summed E-state index contributed by atoms with van der Waals surface area (Å²) in [5, 5.41) is 10.0. The van der Waals surface area contributed by atoms with Crippen molar-refractivity contribution in [3.05, 3.63) is 30.3 Å². The van der Waals surface area contributed by atoms with Gasteiger partial charge in [0.1, 0.15) is 10.6 Å². The highest BCUT2D eigenvalue weighted by atomic mass is 32.2. The standard InChI is InChI=1S/C10H9NO4S/c11-7-4-5-8(12)10-6(7)2-1-3-9(10)16(13,14)15/h1-5,12H,11H2,(H,13,14,15). The Morgan fingerprint density at radius 1 is 1.12 bits per heavy atom. The summed E-state index contributed by atoms with van der Waals surface area (Å²) in [5.41, 5.74) is 5.98. The summed E-state index contributed by atoms with van der Waals surface area (Å²) >= 11 is 0. The van der Waals surface area contributed by atoms with Crippen LogP contribution in [0.25, 0.3) is 10.8 Å². The first-order valence-corrected chi connectivity index (χ1v) is 5.83. The number of phenols is 1. The van der Waals surface area contributed by atoms with Crippen molar-refractivity contribution in [1.29, 1.82) is 0 Å². The number of nitrogen functional groups attached to an aromatic ring is 1. The van der Waals surface area contributed by atoms with Gasteiger partial charge in [-0.3, -0.25) is 4.55 Å². The summed E-state index contributed by atoms with van der Waals surface area (Å²) in [7, 11) is -4.38. The molecule has 0 spiro atoms. The summed E-state index contributed by atoms with van der Waals surface area (Å²) < 4.78 is 31.3. The molecule has 0 bridgehead atoms. The van der Waals surface area contributed by atoms with Crippen LogP contribution >= 0.6 is 0 Å². The molecule has 84 valence electrons. The van der Waals surface area contributed by atoms with Gasteiger partial charge in [-0.1, -0.05) is 12.1 Å².